The maximum absolute atomic E-state index is 12.2. The molecule has 0 unspecified atom stereocenters. The molecule has 134 valence electrons. The van der Waals surface area contributed by atoms with E-state index in [1.54, 1.807) is 17.0 Å². The second kappa shape index (κ2) is 8.51. The molecule has 3 rings (SSSR count). The van der Waals surface area contributed by atoms with Crippen molar-refractivity contribution in [3.63, 3.8) is 0 Å². The van der Waals surface area contributed by atoms with Gasteiger partial charge < -0.3 is 19.2 Å². The number of ether oxygens (including phenoxy) is 1. The molecule has 1 amide bonds. The van der Waals surface area contributed by atoms with E-state index >= 15 is 0 Å². The lowest BCUT2D eigenvalue weighted by atomic mass is 10.2. The van der Waals surface area contributed by atoms with Gasteiger partial charge in [-0.25, -0.2) is 0 Å². The van der Waals surface area contributed by atoms with Crippen LogP contribution in [0.25, 0.3) is 0 Å². The Morgan fingerprint density at radius 3 is 2.56 bits per heavy atom. The summed E-state index contributed by atoms with van der Waals surface area (Å²) in [7, 11) is 0. The van der Waals surface area contributed by atoms with E-state index < -0.39 is 6.10 Å². The highest BCUT2D eigenvalue weighted by atomic mass is 79.9. The fourth-order valence-corrected chi connectivity index (χ4v) is 3.03. The van der Waals surface area contributed by atoms with Crippen LogP contribution in [0.4, 0.5) is 0 Å². The van der Waals surface area contributed by atoms with Crippen molar-refractivity contribution in [2.75, 3.05) is 39.3 Å². The van der Waals surface area contributed by atoms with Crippen LogP contribution in [-0.4, -0.2) is 66.2 Å². The molecule has 7 heteroatoms. The number of hydrogen-bond donors (Lipinski definition) is 1. The van der Waals surface area contributed by atoms with Gasteiger partial charge in [-0.05, 0) is 36.4 Å². The summed E-state index contributed by atoms with van der Waals surface area (Å²) in [5.74, 6) is 1.02. The molecule has 0 saturated carbocycles. The van der Waals surface area contributed by atoms with Crippen LogP contribution in [0.2, 0.25) is 0 Å². The van der Waals surface area contributed by atoms with Gasteiger partial charge in [0, 0.05) is 37.2 Å². The third-order valence-electron chi connectivity index (χ3n) is 4.12. The monoisotopic (exact) mass is 408 g/mol. The lowest BCUT2D eigenvalue weighted by Gasteiger charge is -2.35. The summed E-state index contributed by atoms with van der Waals surface area (Å²) in [5, 5.41) is 10.2. The van der Waals surface area contributed by atoms with Crippen LogP contribution >= 0.6 is 15.9 Å². The van der Waals surface area contributed by atoms with Crippen molar-refractivity contribution >= 4 is 21.8 Å². The zero-order valence-electron chi connectivity index (χ0n) is 13.8. The number of halogens is 1. The Bertz CT molecular complexity index is 667. The molecule has 1 fully saturated rings. The number of β-amino-alcohol motifs (C(OH)–C–C–N with tert-alkyl or cyclic N) is 1. The quantitative estimate of drug-likeness (QED) is 0.793. The minimum Gasteiger partial charge on any atom is -0.491 e. The normalized spacial score (nSPS) is 16.6. The molecule has 1 aromatic carbocycles. The van der Waals surface area contributed by atoms with E-state index in [9.17, 15) is 9.90 Å². The summed E-state index contributed by atoms with van der Waals surface area (Å²) in [6.45, 7) is 3.47. The van der Waals surface area contributed by atoms with Crippen LogP contribution < -0.4 is 4.74 Å². The Morgan fingerprint density at radius 2 is 1.92 bits per heavy atom. The lowest BCUT2D eigenvalue weighted by Crippen LogP contribution is -2.50. The van der Waals surface area contributed by atoms with E-state index in [0.29, 0.717) is 25.4 Å². The molecule has 2 aromatic rings. The van der Waals surface area contributed by atoms with Gasteiger partial charge in [-0.3, -0.25) is 9.69 Å². The zero-order chi connectivity index (χ0) is 17.6. The largest absolute Gasteiger partial charge is 0.491 e. The van der Waals surface area contributed by atoms with Gasteiger partial charge in [-0.1, -0.05) is 15.9 Å². The van der Waals surface area contributed by atoms with Crippen LogP contribution in [0.1, 0.15) is 10.6 Å². The summed E-state index contributed by atoms with van der Waals surface area (Å²) in [5.41, 5.74) is 0. The third-order valence-corrected chi connectivity index (χ3v) is 4.65. The first-order valence-corrected chi connectivity index (χ1v) is 9.02. The van der Waals surface area contributed by atoms with Gasteiger partial charge in [0.15, 0.2) is 5.76 Å². The maximum atomic E-state index is 12.2. The summed E-state index contributed by atoms with van der Waals surface area (Å²) in [6, 6.07) is 10.9. The highest BCUT2D eigenvalue weighted by Gasteiger charge is 2.24. The van der Waals surface area contributed by atoms with Gasteiger partial charge in [0.25, 0.3) is 5.91 Å². The van der Waals surface area contributed by atoms with E-state index in [0.717, 1.165) is 23.3 Å². The van der Waals surface area contributed by atoms with Crippen LogP contribution in [0.5, 0.6) is 5.75 Å². The zero-order valence-corrected chi connectivity index (χ0v) is 15.4. The van der Waals surface area contributed by atoms with Crippen molar-refractivity contribution in [2.24, 2.45) is 0 Å². The smallest absolute Gasteiger partial charge is 0.289 e. The second-order valence-corrected chi connectivity index (χ2v) is 6.90. The van der Waals surface area contributed by atoms with E-state index in [1.807, 2.05) is 24.3 Å². The minimum atomic E-state index is -0.573. The second-order valence-electron chi connectivity index (χ2n) is 5.99. The summed E-state index contributed by atoms with van der Waals surface area (Å²) < 4.78 is 11.7. The summed E-state index contributed by atoms with van der Waals surface area (Å²) in [4.78, 5) is 16.1. The van der Waals surface area contributed by atoms with Crippen LogP contribution in [0.3, 0.4) is 0 Å². The minimum absolute atomic E-state index is 0.0798. The standard InChI is InChI=1S/C18H21BrN2O4/c19-14-3-5-16(6-4-14)25-13-15(22)12-20-7-9-21(10-8-20)18(23)17-2-1-11-24-17/h1-6,11,15,22H,7-10,12-13H2/t15-/m1/s1. The number of benzene rings is 1. The van der Waals surface area contributed by atoms with E-state index in [-0.39, 0.29) is 12.5 Å². The van der Waals surface area contributed by atoms with Crippen LogP contribution in [0.15, 0.2) is 51.6 Å². The molecule has 0 bridgehead atoms. The summed E-state index contributed by atoms with van der Waals surface area (Å²) in [6.07, 6.45) is 0.932. The average Bonchev–Trinajstić information content (AvgIpc) is 3.16. The highest BCUT2D eigenvalue weighted by Crippen LogP contribution is 2.16. The van der Waals surface area contributed by atoms with Gasteiger partial charge in [-0.2, -0.15) is 0 Å². The Hall–Kier alpha value is -1.83. The number of piperazine rings is 1. The van der Waals surface area contributed by atoms with Gasteiger partial charge in [0.2, 0.25) is 0 Å². The van der Waals surface area contributed by atoms with Crippen LogP contribution in [0, 0.1) is 0 Å². The highest BCUT2D eigenvalue weighted by molar-refractivity contribution is 9.10. The van der Waals surface area contributed by atoms with Crippen molar-refractivity contribution in [1.82, 2.24) is 9.80 Å². The molecule has 1 aliphatic heterocycles. The third kappa shape index (κ3) is 5.07. The Labute approximate surface area is 155 Å². The fraction of sp³-hybridized carbons (Fsp3) is 0.389. The molecule has 1 N–H and O–H groups in total. The summed E-state index contributed by atoms with van der Waals surface area (Å²) >= 11 is 3.37. The van der Waals surface area contributed by atoms with Crippen molar-refractivity contribution in [3.8, 4) is 5.75 Å². The Morgan fingerprint density at radius 1 is 1.20 bits per heavy atom. The fourth-order valence-electron chi connectivity index (χ4n) is 2.76. The number of furan rings is 1. The van der Waals surface area contributed by atoms with Crippen molar-refractivity contribution < 1.29 is 19.1 Å². The molecule has 2 heterocycles. The molecule has 1 aromatic heterocycles. The first-order valence-electron chi connectivity index (χ1n) is 8.23. The molecule has 0 radical (unpaired) electrons. The van der Waals surface area contributed by atoms with Gasteiger partial charge in [-0.15, -0.1) is 0 Å². The van der Waals surface area contributed by atoms with Crippen molar-refractivity contribution in [1.29, 1.82) is 0 Å². The SMILES string of the molecule is O=C(c1ccco1)N1CCN(C[C@@H](O)COc2ccc(Br)cc2)CC1. The molecule has 0 aliphatic carbocycles. The molecule has 25 heavy (non-hydrogen) atoms. The topological polar surface area (TPSA) is 66.2 Å². The Kier molecular flexibility index (Phi) is 6.12. The molecule has 0 spiro atoms. The number of aliphatic hydroxyl groups excluding tert-OH is 1. The van der Waals surface area contributed by atoms with Gasteiger partial charge in [0.05, 0.1) is 6.26 Å². The lowest BCUT2D eigenvalue weighted by molar-refractivity contribution is 0.0389. The predicted molar refractivity (Wildman–Crippen MR) is 96.7 cm³/mol. The van der Waals surface area contributed by atoms with Crippen molar-refractivity contribution in [3.05, 3.63) is 52.9 Å². The molecular formula is C18H21BrN2O4. The van der Waals surface area contributed by atoms with Crippen LogP contribution in [-0.2, 0) is 0 Å². The van der Waals surface area contributed by atoms with E-state index in [1.165, 1.54) is 6.26 Å². The number of rotatable bonds is 6. The van der Waals surface area contributed by atoms with E-state index in [4.69, 9.17) is 9.15 Å². The van der Waals surface area contributed by atoms with Gasteiger partial charge >= 0.3 is 0 Å². The Balaban J connectivity index is 1.39. The molecule has 1 saturated heterocycles. The van der Waals surface area contributed by atoms with E-state index in [2.05, 4.69) is 20.8 Å². The molecular weight excluding hydrogens is 388 g/mol. The molecule has 6 nitrogen and oxygen atoms in total. The molecule has 1 atom stereocenters. The average molecular weight is 409 g/mol. The number of nitrogens with zero attached hydrogens (tertiary/aromatic N) is 2. The molecule has 1 aliphatic rings. The maximum Gasteiger partial charge on any atom is 0.289 e. The predicted octanol–water partition coefficient (Wildman–Crippen LogP) is 2.24. The first kappa shape index (κ1) is 18.0. The number of carbonyl (C=O) groups excluding carboxylic acids is 1. The van der Waals surface area contributed by atoms with Gasteiger partial charge in [0.1, 0.15) is 18.5 Å². The van der Waals surface area contributed by atoms with Crippen molar-refractivity contribution in [2.45, 2.75) is 6.10 Å². The number of aliphatic hydroxyl groups is 1. The number of carbonyl (C=O) groups is 1. The number of hydrogen-bond acceptors (Lipinski definition) is 5. The first-order chi connectivity index (χ1) is 12.1. The number of amides is 1.